The van der Waals surface area contributed by atoms with Gasteiger partial charge in [0.1, 0.15) is 23.5 Å². The van der Waals surface area contributed by atoms with E-state index in [2.05, 4.69) is 20.2 Å². The first-order valence-corrected chi connectivity index (χ1v) is 10.3. The van der Waals surface area contributed by atoms with Crippen molar-refractivity contribution in [1.29, 1.82) is 0 Å². The highest BCUT2D eigenvalue weighted by Crippen LogP contribution is 2.32. The van der Waals surface area contributed by atoms with Gasteiger partial charge >= 0.3 is 5.84 Å². The topological polar surface area (TPSA) is 71.5 Å². The number of rotatable bonds is 6. The van der Waals surface area contributed by atoms with Crippen LogP contribution >= 0.6 is 0 Å². The molecular formula is C22H23FN6O. The number of imidazole rings is 1. The first kappa shape index (κ1) is 18.7. The number of hydrogen-bond donors (Lipinski definition) is 1. The van der Waals surface area contributed by atoms with E-state index in [-0.39, 0.29) is 5.82 Å². The summed E-state index contributed by atoms with van der Waals surface area (Å²) in [6.45, 7) is 4.10. The average Bonchev–Trinajstić information content (AvgIpc) is 3.37. The minimum atomic E-state index is -0.287. The summed E-state index contributed by atoms with van der Waals surface area (Å²) >= 11 is 0. The van der Waals surface area contributed by atoms with Gasteiger partial charge in [0.2, 0.25) is 5.95 Å². The van der Waals surface area contributed by atoms with Crippen molar-refractivity contribution in [2.75, 3.05) is 31.5 Å². The van der Waals surface area contributed by atoms with Crippen LogP contribution in [0, 0.1) is 5.82 Å². The van der Waals surface area contributed by atoms with Crippen molar-refractivity contribution in [1.82, 2.24) is 24.3 Å². The fourth-order valence-corrected chi connectivity index (χ4v) is 3.92. The summed E-state index contributed by atoms with van der Waals surface area (Å²) in [5.74, 6) is 0.751. The molecule has 30 heavy (non-hydrogen) atoms. The van der Waals surface area contributed by atoms with E-state index < -0.39 is 0 Å². The zero-order chi connectivity index (χ0) is 20.3. The lowest BCUT2D eigenvalue weighted by Crippen LogP contribution is -2.33. The van der Waals surface area contributed by atoms with Crippen LogP contribution in [0.15, 0.2) is 53.4 Å². The summed E-state index contributed by atoms with van der Waals surface area (Å²) in [4.78, 5) is 16.1. The quantitative estimate of drug-likeness (QED) is 0.520. The number of oxazole rings is 1. The van der Waals surface area contributed by atoms with Crippen molar-refractivity contribution in [3.8, 4) is 22.6 Å². The second kappa shape index (κ2) is 8.23. The van der Waals surface area contributed by atoms with Crippen molar-refractivity contribution in [3.63, 3.8) is 0 Å². The molecule has 1 aromatic carbocycles. The van der Waals surface area contributed by atoms with E-state index in [1.54, 1.807) is 30.8 Å². The van der Waals surface area contributed by atoms with Crippen LogP contribution in [0.4, 0.5) is 10.3 Å². The molecule has 0 unspecified atom stereocenters. The fourth-order valence-electron chi connectivity index (χ4n) is 3.92. The number of halogens is 1. The summed E-state index contributed by atoms with van der Waals surface area (Å²) in [5, 5.41) is 3.34. The second-order valence-electron chi connectivity index (χ2n) is 7.47. The van der Waals surface area contributed by atoms with Gasteiger partial charge < -0.3 is 14.6 Å². The summed E-state index contributed by atoms with van der Waals surface area (Å²) in [7, 11) is 0. The third-order valence-electron chi connectivity index (χ3n) is 5.44. The first-order chi connectivity index (χ1) is 14.8. The van der Waals surface area contributed by atoms with E-state index in [0.29, 0.717) is 17.5 Å². The van der Waals surface area contributed by atoms with E-state index in [0.717, 1.165) is 43.1 Å². The van der Waals surface area contributed by atoms with Gasteiger partial charge in [-0.25, -0.2) is 14.4 Å². The number of hydrogen-bond acceptors (Lipinski definition) is 6. The normalized spacial score (nSPS) is 15.0. The largest absolute Gasteiger partial charge is 0.432 e. The molecule has 0 aliphatic carbocycles. The van der Waals surface area contributed by atoms with Gasteiger partial charge in [0, 0.05) is 31.0 Å². The zero-order valence-corrected chi connectivity index (χ0v) is 16.6. The molecule has 7 nitrogen and oxygen atoms in total. The summed E-state index contributed by atoms with van der Waals surface area (Å²) in [6.07, 6.45) is 9.01. The molecule has 0 bridgehead atoms. The highest BCUT2D eigenvalue weighted by Gasteiger charge is 2.19. The molecule has 0 amide bonds. The van der Waals surface area contributed by atoms with Gasteiger partial charge in [-0.3, -0.25) is 4.40 Å². The Kier molecular flexibility index (Phi) is 5.15. The van der Waals surface area contributed by atoms with Crippen molar-refractivity contribution in [3.05, 3.63) is 54.8 Å². The van der Waals surface area contributed by atoms with Gasteiger partial charge in [0.15, 0.2) is 0 Å². The van der Waals surface area contributed by atoms with E-state index in [9.17, 15) is 4.39 Å². The number of nitrogens with one attached hydrogen (secondary N) is 1. The molecule has 1 N–H and O–H groups in total. The number of fused-ring (bicyclic) bond motifs is 1. The van der Waals surface area contributed by atoms with Crippen LogP contribution in [0.2, 0.25) is 0 Å². The van der Waals surface area contributed by atoms with Crippen molar-refractivity contribution in [2.24, 2.45) is 0 Å². The maximum Gasteiger partial charge on any atom is 0.306 e. The van der Waals surface area contributed by atoms with Gasteiger partial charge in [-0.05, 0) is 56.3 Å². The number of benzene rings is 1. The predicted octanol–water partition coefficient (Wildman–Crippen LogP) is 4.09. The van der Waals surface area contributed by atoms with Crippen LogP contribution in [0.5, 0.6) is 0 Å². The van der Waals surface area contributed by atoms with E-state index >= 15 is 0 Å². The van der Waals surface area contributed by atoms with Crippen molar-refractivity contribution < 1.29 is 8.81 Å². The monoisotopic (exact) mass is 406 g/mol. The third-order valence-corrected chi connectivity index (χ3v) is 5.44. The standard InChI is InChI=1S/C22H23FN6O/c23-17-6-4-16(5-7-17)19-20(29-14-15-30-22(29)27-19)18-8-9-24-21(26-18)25-10-13-28-11-2-1-3-12-28/h4-9,14-15H,1-3,10-13H2,(H,24,25,26). The molecule has 0 spiro atoms. The van der Waals surface area contributed by atoms with Crippen LogP contribution < -0.4 is 5.32 Å². The molecule has 8 heteroatoms. The Labute approximate surface area is 173 Å². The first-order valence-electron chi connectivity index (χ1n) is 10.3. The van der Waals surface area contributed by atoms with Crippen molar-refractivity contribution in [2.45, 2.75) is 19.3 Å². The number of nitrogens with zero attached hydrogens (tertiary/aromatic N) is 5. The lowest BCUT2D eigenvalue weighted by Gasteiger charge is -2.26. The Hall–Kier alpha value is -3.26. The molecule has 0 atom stereocenters. The van der Waals surface area contributed by atoms with E-state index in [4.69, 9.17) is 9.40 Å². The maximum absolute atomic E-state index is 13.4. The fraction of sp³-hybridized carbons (Fsp3) is 0.318. The van der Waals surface area contributed by atoms with Crippen LogP contribution in [-0.2, 0) is 0 Å². The number of likely N-dealkylation sites (tertiary alicyclic amines) is 1. The van der Waals surface area contributed by atoms with Gasteiger partial charge in [0.25, 0.3) is 0 Å². The minimum Gasteiger partial charge on any atom is -0.432 e. The Morgan fingerprint density at radius 2 is 1.87 bits per heavy atom. The lowest BCUT2D eigenvalue weighted by atomic mass is 10.1. The zero-order valence-electron chi connectivity index (χ0n) is 16.6. The Morgan fingerprint density at radius 3 is 2.70 bits per heavy atom. The van der Waals surface area contributed by atoms with Crippen LogP contribution in [0.1, 0.15) is 19.3 Å². The van der Waals surface area contributed by atoms with Crippen LogP contribution in [-0.4, -0.2) is 50.4 Å². The molecule has 0 saturated carbocycles. The van der Waals surface area contributed by atoms with Crippen LogP contribution in [0.3, 0.4) is 0 Å². The molecule has 154 valence electrons. The van der Waals surface area contributed by atoms with Gasteiger partial charge in [-0.15, -0.1) is 0 Å². The Balaban J connectivity index is 1.42. The Morgan fingerprint density at radius 1 is 1.03 bits per heavy atom. The smallest absolute Gasteiger partial charge is 0.306 e. The molecule has 0 radical (unpaired) electrons. The molecule has 3 aromatic heterocycles. The van der Waals surface area contributed by atoms with Gasteiger partial charge in [0.05, 0.1) is 5.69 Å². The number of aromatic nitrogens is 4. The van der Waals surface area contributed by atoms with Gasteiger partial charge in [-0.2, -0.15) is 4.98 Å². The maximum atomic E-state index is 13.4. The molecule has 1 fully saturated rings. The second-order valence-corrected chi connectivity index (χ2v) is 7.47. The molecule has 1 aliphatic heterocycles. The van der Waals surface area contributed by atoms with Gasteiger partial charge in [-0.1, -0.05) is 6.42 Å². The summed E-state index contributed by atoms with van der Waals surface area (Å²) in [5.41, 5.74) is 2.99. The predicted molar refractivity (Wildman–Crippen MR) is 113 cm³/mol. The van der Waals surface area contributed by atoms with E-state index in [1.807, 2.05) is 10.5 Å². The number of anilines is 1. The molecule has 1 saturated heterocycles. The summed E-state index contributed by atoms with van der Waals surface area (Å²) in [6, 6.07) is 8.11. The van der Waals surface area contributed by atoms with Crippen molar-refractivity contribution >= 4 is 11.8 Å². The summed E-state index contributed by atoms with van der Waals surface area (Å²) < 4.78 is 20.7. The SMILES string of the molecule is Fc1ccc(-c2nc3occn3c2-c2ccnc(NCCN3CCCCC3)n2)cc1. The molecule has 4 aromatic rings. The minimum absolute atomic E-state index is 0.287. The highest BCUT2D eigenvalue weighted by atomic mass is 19.1. The third kappa shape index (κ3) is 3.78. The molecule has 5 rings (SSSR count). The Bertz CT molecular complexity index is 1130. The molecule has 4 heterocycles. The number of piperidine rings is 1. The van der Waals surface area contributed by atoms with Crippen LogP contribution in [0.25, 0.3) is 28.5 Å². The molecule has 1 aliphatic rings. The highest BCUT2D eigenvalue weighted by molar-refractivity contribution is 5.79. The average molecular weight is 406 g/mol. The van der Waals surface area contributed by atoms with E-state index in [1.165, 1.54) is 31.4 Å². The molecular weight excluding hydrogens is 383 g/mol. The lowest BCUT2D eigenvalue weighted by molar-refractivity contribution is 0.237.